The lowest BCUT2D eigenvalue weighted by Gasteiger charge is -2.26. The number of ether oxygens (including phenoxy) is 1. The zero-order valence-electron chi connectivity index (χ0n) is 17.4. The number of aromatic nitrogens is 1. The fraction of sp³-hybridized carbons (Fsp3) is 0.250. The van der Waals surface area contributed by atoms with Crippen molar-refractivity contribution in [2.75, 3.05) is 20.2 Å². The maximum absolute atomic E-state index is 13.3. The number of rotatable bonds is 4. The van der Waals surface area contributed by atoms with Gasteiger partial charge in [-0.3, -0.25) is 14.6 Å². The van der Waals surface area contributed by atoms with Crippen LogP contribution in [-0.2, 0) is 16.0 Å². The van der Waals surface area contributed by atoms with E-state index in [0.717, 1.165) is 11.1 Å². The highest BCUT2D eigenvalue weighted by atomic mass is 19.1. The number of Topliss-reactive ketones (excluding diaryl/α,β-unsaturated/α-hetero) is 1. The second-order valence-electron chi connectivity index (χ2n) is 7.72. The van der Waals surface area contributed by atoms with Crippen LogP contribution in [0, 0.1) is 5.82 Å². The number of methoxy groups -OCH3 is 1. The zero-order valence-corrected chi connectivity index (χ0v) is 17.4. The van der Waals surface area contributed by atoms with Gasteiger partial charge in [0.15, 0.2) is 11.5 Å². The van der Waals surface area contributed by atoms with Crippen LogP contribution in [0.3, 0.4) is 0 Å². The van der Waals surface area contributed by atoms with Gasteiger partial charge in [0, 0.05) is 24.5 Å². The molecule has 1 aliphatic rings. The summed E-state index contributed by atoms with van der Waals surface area (Å²) in [7, 11) is 1.18. The number of aromatic hydroxyl groups is 1. The van der Waals surface area contributed by atoms with Gasteiger partial charge < -0.3 is 14.7 Å². The standard InChI is InChI=1S/C24H21FN2O5/c1-32-24(31)20-11-19(23(30)27-8-2-3-17(28)13-27)18-10-15(12-26-21(18)22(20)29)9-14-4-6-16(25)7-5-14/h4-7,10-12,29H,2-3,8-9,13H2,1H3. The van der Waals surface area contributed by atoms with Crippen LogP contribution >= 0.6 is 0 Å². The molecule has 1 fully saturated rings. The molecular weight excluding hydrogens is 415 g/mol. The molecule has 0 bridgehead atoms. The van der Waals surface area contributed by atoms with Crippen molar-refractivity contribution in [3.05, 3.63) is 70.7 Å². The van der Waals surface area contributed by atoms with Crippen LogP contribution in [0.15, 0.2) is 42.6 Å². The third kappa shape index (κ3) is 4.16. The van der Waals surface area contributed by atoms with Gasteiger partial charge in [-0.1, -0.05) is 12.1 Å². The third-order valence-electron chi connectivity index (χ3n) is 5.50. The van der Waals surface area contributed by atoms with Crippen molar-refractivity contribution in [2.45, 2.75) is 19.3 Å². The quantitative estimate of drug-likeness (QED) is 0.631. The molecule has 0 saturated carbocycles. The number of phenolic OH excluding ortho intramolecular Hbond substituents is 1. The number of piperidine rings is 1. The summed E-state index contributed by atoms with van der Waals surface area (Å²) in [6.45, 7) is 0.417. The van der Waals surface area contributed by atoms with Crippen LogP contribution in [0.4, 0.5) is 4.39 Å². The summed E-state index contributed by atoms with van der Waals surface area (Å²) >= 11 is 0. The number of amides is 1. The molecule has 0 radical (unpaired) electrons. The maximum atomic E-state index is 13.3. The number of ketones is 1. The smallest absolute Gasteiger partial charge is 0.341 e. The molecule has 4 rings (SSSR count). The number of benzene rings is 2. The Morgan fingerprint density at radius 2 is 1.91 bits per heavy atom. The topological polar surface area (TPSA) is 96.8 Å². The van der Waals surface area contributed by atoms with Crippen molar-refractivity contribution >= 4 is 28.6 Å². The van der Waals surface area contributed by atoms with Crippen LogP contribution < -0.4 is 0 Å². The van der Waals surface area contributed by atoms with Crippen LogP contribution in [-0.4, -0.2) is 52.8 Å². The first kappa shape index (κ1) is 21.4. The lowest BCUT2D eigenvalue weighted by molar-refractivity contribution is -0.121. The Morgan fingerprint density at radius 3 is 2.59 bits per heavy atom. The number of nitrogens with zero attached hydrogens (tertiary/aromatic N) is 2. The normalized spacial score (nSPS) is 13.9. The van der Waals surface area contributed by atoms with E-state index < -0.39 is 11.9 Å². The Hall–Kier alpha value is -3.81. The lowest BCUT2D eigenvalue weighted by atomic mass is 9.98. The first-order valence-electron chi connectivity index (χ1n) is 10.2. The highest BCUT2D eigenvalue weighted by Gasteiger charge is 2.27. The molecule has 2 heterocycles. The van der Waals surface area contributed by atoms with E-state index in [1.807, 2.05) is 0 Å². The molecule has 1 N–H and O–H groups in total. The molecule has 1 aliphatic heterocycles. The number of phenols is 1. The first-order chi connectivity index (χ1) is 15.4. The Morgan fingerprint density at radius 1 is 1.16 bits per heavy atom. The molecule has 164 valence electrons. The van der Waals surface area contributed by atoms with Gasteiger partial charge in [0.2, 0.25) is 0 Å². The average Bonchev–Trinajstić information content (AvgIpc) is 2.80. The predicted octanol–water partition coefficient (Wildman–Crippen LogP) is 3.26. The Bertz CT molecular complexity index is 1220. The summed E-state index contributed by atoms with van der Waals surface area (Å²) in [5, 5.41) is 11.0. The minimum atomic E-state index is -0.801. The largest absolute Gasteiger partial charge is 0.505 e. The number of hydrogen-bond acceptors (Lipinski definition) is 6. The van der Waals surface area contributed by atoms with Crippen molar-refractivity contribution in [1.29, 1.82) is 0 Å². The summed E-state index contributed by atoms with van der Waals surface area (Å²) in [6, 6.07) is 9.03. The van der Waals surface area contributed by atoms with E-state index in [1.165, 1.54) is 36.4 Å². The van der Waals surface area contributed by atoms with Crippen LogP contribution in [0.25, 0.3) is 10.9 Å². The monoisotopic (exact) mass is 436 g/mol. The molecule has 1 saturated heterocycles. The minimum absolute atomic E-state index is 0.00252. The van der Waals surface area contributed by atoms with Gasteiger partial charge in [0.25, 0.3) is 5.91 Å². The summed E-state index contributed by atoms with van der Waals surface area (Å²) in [5.74, 6) is -1.98. The van der Waals surface area contributed by atoms with E-state index in [0.29, 0.717) is 31.2 Å². The second-order valence-corrected chi connectivity index (χ2v) is 7.72. The van der Waals surface area contributed by atoms with E-state index in [1.54, 1.807) is 18.2 Å². The molecule has 32 heavy (non-hydrogen) atoms. The van der Waals surface area contributed by atoms with E-state index >= 15 is 0 Å². The van der Waals surface area contributed by atoms with E-state index in [9.17, 15) is 23.9 Å². The number of pyridine rings is 1. The fourth-order valence-electron chi connectivity index (χ4n) is 3.88. The fourth-order valence-corrected chi connectivity index (χ4v) is 3.88. The van der Waals surface area contributed by atoms with Crippen molar-refractivity contribution in [1.82, 2.24) is 9.88 Å². The Kier molecular flexibility index (Phi) is 5.85. The van der Waals surface area contributed by atoms with Crippen LogP contribution in [0.2, 0.25) is 0 Å². The Labute approximate surface area is 183 Å². The molecule has 0 unspecified atom stereocenters. The predicted molar refractivity (Wildman–Crippen MR) is 114 cm³/mol. The number of carbonyl (C=O) groups is 3. The molecule has 0 spiro atoms. The molecule has 1 amide bonds. The zero-order chi connectivity index (χ0) is 22.8. The highest BCUT2D eigenvalue weighted by Crippen LogP contribution is 2.33. The minimum Gasteiger partial charge on any atom is -0.505 e. The van der Waals surface area contributed by atoms with Crippen molar-refractivity contribution in [3.63, 3.8) is 0 Å². The molecule has 3 aromatic rings. The molecule has 0 atom stereocenters. The van der Waals surface area contributed by atoms with Gasteiger partial charge >= 0.3 is 5.97 Å². The van der Waals surface area contributed by atoms with E-state index in [2.05, 4.69) is 4.98 Å². The number of fused-ring (bicyclic) bond motifs is 1. The SMILES string of the molecule is COC(=O)c1cc(C(=O)N2CCCC(=O)C2)c2cc(Cc3ccc(F)cc3)cnc2c1O. The number of hydrogen-bond donors (Lipinski definition) is 1. The molecule has 0 aliphatic carbocycles. The van der Waals surface area contributed by atoms with Crippen LogP contribution in [0.1, 0.15) is 44.7 Å². The highest BCUT2D eigenvalue weighted by molar-refractivity contribution is 6.12. The van der Waals surface area contributed by atoms with Crippen molar-refractivity contribution in [3.8, 4) is 5.75 Å². The van der Waals surface area contributed by atoms with Gasteiger partial charge in [0.1, 0.15) is 16.9 Å². The third-order valence-corrected chi connectivity index (χ3v) is 5.50. The van der Waals surface area contributed by atoms with Crippen molar-refractivity contribution < 1.29 is 28.6 Å². The van der Waals surface area contributed by atoms with Gasteiger partial charge in [-0.15, -0.1) is 0 Å². The summed E-state index contributed by atoms with van der Waals surface area (Å²) in [6.07, 6.45) is 2.96. The number of likely N-dealkylation sites (tertiary alicyclic amines) is 1. The van der Waals surface area contributed by atoms with E-state index in [4.69, 9.17) is 4.74 Å². The molecular formula is C24H21FN2O5. The molecule has 1 aromatic heterocycles. The van der Waals surface area contributed by atoms with Gasteiger partial charge in [-0.05, 0) is 48.2 Å². The average molecular weight is 436 g/mol. The van der Waals surface area contributed by atoms with Gasteiger partial charge in [0.05, 0.1) is 19.2 Å². The van der Waals surface area contributed by atoms with Gasteiger partial charge in [-0.25, -0.2) is 9.18 Å². The first-order valence-corrected chi connectivity index (χ1v) is 10.2. The molecule has 7 nitrogen and oxygen atoms in total. The number of carbonyl (C=O) groups excluding carboxylic acids is 3. The lowest BCUT2D eigenvalue weighted by Crippen LogP contribution is -2.40. The number of halogens is 1. The molecule has 2 aromatic carbocycles. The van der Waals surface area contributed by atoms with Crippen molar-refractivity contribution in [2.24, 2.45) is 0 Å². The van der Waals surface area contributed by atoms with Gasteiger partial charge in [-0.2, -0.15) is 0 Å². The summed E-state index contributed by atoms with van der Waals surface area (Å²) < 4.78 is 18.0. The summed E-state index contributed by atoms with van der Waals surface area (Å²) in [5.41, 5.74) is 1.64. The molecule has 8 heteroatoms. The van der Waals surface area contributed by atoms with Crippen LogP contribution in [0.5, 0.6) is 5.75 Å². The Balaban J connectivity index is 1.82. The summed E-state index contributed by atoms with van der Waals surface area (Å²) in [4.78, 5) is 43.1. The van der Waals surface area contributed by atoms with E-state index in [-0.39, 0.29) is 40.5 Å². The maximum Gasteiger partial charge on any atom is 0.341 e. The second kappa shape index (κ2) is 8.74. The number of esters is 1.